The maximum Gasteiger partial charge on any atom is 0.328 e. The lowest BCUT2D eigenvalue weighted by Crippen LogP contribution is -3.23. The minimum atomic E-state index is -0.908. The van der Waals surface area contributed by atoms with Gasteiger partial charge >= 0.3 is 11.6 Å². The second-order valence-electron chi connectivity index (χ2n) is 6.89. The number of likely N-dealkylation sites (tertiary alicyclic amines) is 1. The summed E-state index contributed by atoms with van der Waals surface area (Å²) in [5.74, 6) is 0.815. The molecular weight excluding hydrogens is 440 g/mol. The summed E-state index contributed by atoms with van der Waals surface area (Å²) in [5, 5.41) is 13.4. The first-order chi connectivity index (χ1) is 11.6. The van der Waals surface area contributed by atoms with Crippen LogP contribution in [-0.2, 0) is 4.79 Å². The van der Waals surface area contributed by atoms with Gasteiger partial charge in [0.2, 0.25) is 0 Å². The molecule has 3 aliphatic rings. The smallest absolute Gasteiger partial charge is 0.328 e. The van der Waals surface area contributed by atoms with Crippen LogP contribution < -0.4 is 15.0 Å². The van der Waals surface area contributed by atoms with Gasteiger partial charge in [-0.1, -0.05) is 0 Å². The number of ether oxygens (including phenoxy) is 1. The second-order valence-corrected chi connectivity index (χ2v) is 8.53. The highest BCUT2D eigenvalue weighted by atomic mass is 79.9. The largest absolute Gasteiger partial charge is 0.506 e. The van der Waals surface area contributed by atoms with E-state index in [2.05, 4.69) is 37.2 Å². The SMILES string of the molecule is O=C1NCCC[C@H]2c3c(cc(Br)c(O)c3Br)O[C@@]12[NH+]1CCCCC1. The van der Waals surface area contributed by atoms with E-state index in [1.807, 2.05) is 0 Å². The number of carbonyl (C=O) groups is 1. The number of carbonyl (C=O) groups excluding carboxylic acids is 1. The van der Waals surface area contributed by atoms with Gasteiger partial charge < -0.3 is 15.2 Å². The lowest BCUT2D eigenvalue weighted by molar-refractivity contribution is -0.967. The Morgan fingerprint density at radius 1 is 1.25 bits per heavy atom. The molecule has 4 rings (SSSR count). The van der Waals surface area contributed by atoms with E-state index in [4.69, 9.17) is 4.74 Å². The second kappa shape index (κ2) is 6.18. The molecule has 24 heavy (non-hydrogen) atoms. The van der Waals surface area contributed by atoms with Crippen LogP contribution in [-0.4, -0.2) is 36.4 Å². The van der Waals surface area contributed by atoms with Crippen molar-refractivity contribution >= 4 is 37.8 Å². The Morgan fingerprint density at radius 2 is 2.00 bits per heavy atom. The van der Waals surface area contributed by atoms with Crippen LogP contribution in [0.3, 0.4) is 0 Å². The fourth-order valence-corrected chi connectivity index (χ4v) is 5.84. The van der Waals surface area contributed by atoms with Gasteiger partial charge in [-0.2, -0.15) is 0 Å². The Balaban J connectivity index is 1.88. The summed E-state index contributed by atoms with van der Waals surface area (Å²) < 4.78 is 7.65. The normalized spacial score (nSPS) is 30.1. The number of piperidine rings is 1. The van der Waals surface area contributed by atoms with Crippen LogP contribution in [0.1, 0.15) is 43.6 Å². The third kappa shape index (κ3) is 2.31. The van der Waals surface area contributed by atoms with Crippen molar-refractivity contribution in [1.29, 1.82) is 0 Å². The van der Waals surface area contributed by atoms with Gasteiger partial charge in [-0.05, 0) is 70.0 Å². The zero-order chi connectivity index (χ0) is 16.9. The average molecular weight is 461 g/mol. The summed E-state index contributed by atoms with van der Waals surface area (Å²) in [5.41, 5.74) is 0.0282. The van der Waals surface area contributed by atoms with Crippen molar-refractivity contribution in [3.63, 3.8) is 0 Å². The molecule has 3 N–H and O–H groups in total. The number of hydrogen-bond donors (Lipinski definition) is 3. The molecule has 2 atom stereocenters. The lowest BCUT2D eigenvalue weighted by Gasteiger charge is -2.39. The number of aromatic hydroxyl groups is 1. The molecule has 0 aromatic heterocycles. The van der Waals surface area contributed by atoms with Crippen molar-refractivity contribution in [3.05, 3.63) is 20.6 Å². The number of phenols is 1. The Kier molecular flexibility index (Phi) is 4.29. The van der Waals surface area contributed by atoms with Gasteiger partial charge in [0.05, 0.1) is 28.0 Å². The summed E-state index contributed by atoms with van der Waals surface area (Å²) >= 11 is 6.91. The maximum absolute atomic E-state index is 13.1. The monoisotopic (exact) mass is 459 g/mol. The number of amides is 1. The number of halogens is 2. The van der Waals surface area contributed by atoms with E-state index in [9.17, 15) is 9.90 Å². The summed E-state index contributed by atoms with van der Waals surface area (Å²) in [6.07, 6.45) is 5.24. The van der Waals surface area contributed by atoms with Crippen molar-refractivity contribution in [2.45, 2.75) is 43.7 Å². The molecule has 0 saturated carbocycles. The molecule has 3 aliphatic heterocycles. The molecule has 7 heteroatoms. The van der Waals surface area contributed by atoms with E-state index in [-0.39, 0.29) is 17.6 Å². The summed E-state index contributed by atoms with van der Waals surface area (Å²) in [6, 6.07) is 1.79. The molecule has 2 fully saturated rings. The molecule has 3 heterocycles. The van der Waals surface area contributed by atoms with E-state index in [0.29, 0.717) is 21.2 Å². The first-order valence-electron chi connectivity index (χ1n) is 8.59. The zero-order valence-corrected chi connectivity index (χ0v) is 16.5. The number of fused-ring (bicyclic) bond motifs is 3. The molecule has 0 radical (unpaired) electrons. The van der Waals surface area contributed by atoms with E-state index in [0.717, 1.165) is 44.3 Å². The molecule has 0 bridgehead atoms. The predicted molar refractivity (Wildman–Crippen MR) is 96.4 cm³/mol. The van der Waals surface area contributed by atoms with Crippen molar-refractivity contribution in [2.75, 3.05) is 19.6 Å². The Morgan fingerprint density at radius 3 is 2.75 bits per heavy atom. The molecular formula is C17H21Br2N2O3+. The van der Waals surface area contributed by atoms with Crippen molar-refractivity contribution in [1.82, 2.24) is 5.32 Å². The molecule has 0 unspecified atom stereocenters. The van der Waals surface area contributed by atoms with Crippen molar-refractivity contribution in [3.8, 4) is 11.5 Å². The van der Waals surface area contributed by atoms with Crippen LogP contribution >= 0.6 is 31.9 Å². The zero-order valence-electron chi connectivity index (χ0n) is 13.3. The highest BCUT2D eigenvalue weighted by molar-refractivity contribution is 9.11. The van der Waals surface area contributed by atoms with Crippen molar-refractivity contribution < 1.29 is 19.5 Å². The number of nitrogens with one attached hydrogen (secondary N) is 2. The Labute approximate surface area is 158 Å². The summed E-state index contributed by atoms with van der Waals surface area (Å²) in [7, 11) is 0. The van der Waals surface area contributed by atoms with E-state index >= 15 is 0 Å². The van der Waals surface area contributed by atoms with Gasteiger partial charge in [0, 0.05) is 12.1 Å². The fourth-order valence-electron chi connectivity index (χ4n) is 4.48. The molecule has 0 spiro atoms. The van der Waals surface area contributed by atoms with E-state index in [1.165, 1.54) is 11.3 Å². The third-order valence-corrected chi connectivity index (χ3v) is 6.99. The lowest BCUT2D eigenvalue weighted by atomic mass is 9.84. The summed E-state index contributed by atoms with van der Waals surface area (Å²) in [4.78, 5) is 14.3. The van der Waals surface area contributed by atoms with Gasteiger partial charge in [0.1, 0.15) is 11.5 Å². The molecule has 0 aliphatic carbocycles. The number of phenolic OH excluding ortho intramolecular Hbond substituents is 1. The van der Waals surface area contributed by atoms with Crippen LogP contribution in [0.15, 0.2) is 15.0 Å². The van der Waals surface area contributed by atoms with Gasteiger partial charge in [-0.3, -0.25) is 9.69 Å². The number of hydrogen-bond acceptors (Lipinski definition) is 3. The average Bonchev–Trinajstić information content (AvgIpc) is 2.83. The predicted octanol–water partition coefficient (Wildman–Crippen LogP) is 2.07. The van der Waals surface area contributed by atoms with E-state index < -0.39 is 5.72 Å². The highest BCUT2D eigenvalue weighted by Crippen LogP contribution is 2.53. The number of benzene rings is 1. The van der Waals surface area contributed by atoms with Gasteiger partial charge in [-0.25, -0.2) is 0 Å². The molecule has 2 saturated heterocycles. The maximum atomic E-state index is 13.1. The topological polar surface area (TPSA) is 63.0 Å². The van der Waals surface area contributed by atoms with Gasteiger partial charge in [-0.15, -0.1) is 0 Å². The van der Waals surface area contributed by atoms with E-state index in [1.54, 1.807) is 6.07 Å². The quantitative estimate of drug-likeness (QED) is 0.601. The Hall–Kier alpha value is -0.790. The molecule has 1 aromatic rings. The fraction of sp³-hybridized carbons (Fsp3) is 0.588. The summed E-state index contributed by atoms with van der Waals surface area (Å²) in [6.45, 7) is 2.58. The molecule has 5 nitrogen and oxygen atoms in total. The van der Waals surface area contributed by atoms with Crippen LogP contribution in [0.25, 0.3) is 0 Å². The molecule has 1 aromatic carbocycles. The van der Waals surface area contributed by atoms with Gasteiger partial charge in [0.25, 0.3) is 0 Å². The number of rotatable bonds is 1. The minimum absolute atomic E-state index is 0.0133. The Bertz CT molecular complexity index is 691. The van der Waals surface area contributed by atoms with Gasteiger partial charge in [0.15, 0.2) is 0 Å². The van der Waals surface area contributed by atoms with Crippen LogP contribution in [0, 0.1) is 0 Å². The van der Waals surface area contributed by atoms with Crippen LogP contribution in [0.5, 0.6) is 11.5 Å². The van der Waals surface area contributed by atoms with Crippen molar-refractivity contribution in [2.24, 2.45) is 0 Å². The van der Waals surface area contributed by atoms with Crippen LogP contribution in [0.2, 0.25) is 0 Å². The molecule has 1 amide bonds. The minimum Gasteiger partial charge on any atom is -0.506 e. The molecule has 130 valence electrons. The first kappa shape index (κ1) is 16.7. The standard InChI is InChI=1S/C17H20Br2N2O3/c18-11-9-12-13(14(19)15(11)22)10-5-4-6-20-16(23)17(10,24-12)21-7-2-1-3-8-21/h9-10,22H,1-8H2,(H,20,23)/p+1/t10-,17+/m0/s1. The highest BCUT2D eigenvalue weighted by Gasteiger charge is 2.63. The number of quaternary nitrogens is 1. The first-order valence-corrected chi connectivity index (χ1v) is 10.2. The third-order valence-electron chi connectivity index (χ3n) is 5.58. The van der Waals surface area contributed by atoms with Crippen LogP contribution in [0.4, 0.5) is 0 Å².